The van der Waals surface area contributed by atoms with Gasteiger partial charge in [0.2, 0.25) is 0 Å². The van der Waals surface area contributed by atoms with Crippen molar-refractivity contribution in [3.8, 4) is 11.1 Å². The Bertz CT molecular complexity index is 3150. The molecule has 0 bridgehead atoms. The van der Waals surface area contributed by atoms with Gasteiger partial charge in [-0.05, 0) is 79.5 Å². The van der Waals surface area contributed by atoms with Crippen LogP contribution in [0.2, 0.25) is 0 Å². The predicted octanol–water partition coefficient (Wildman–Crippen LogP) is 15.3. The van der Waals surface area contributed by atoms with E-state index in [1.54, 1.807) is 0 Å². The Morgan fingerprint density at radius 3 is 1.08 bits per heavy atom. The fourth-order valence-electron chi connectivity index (χ4n) is 7.62. The zero-order chi connectivity index (χ0) is 34.9. The van der Waals surface area contributed by atoms with Crippen LogP contribution in [0.5, 0.6) is 5.75 Å². The molecule has 9 aromatic carbocycles. The molecule has 2 heterocycles. The lowest BCUT2D eigenvalue weighted by atomic mass is 9.99. The van der Waals surface area contributed by atoms with Gasteiger partial charge >= 0.3 is 8.24 Å². The van der Waals surface area contributed by atoms with Gasteiger partial charge in [-0.2, -0.15) is 0 Å². The number of benzene rings is 9. The van der Waals surface area contributed by atoms with Crippen LogP contribution in [0.15, 0.2) is 187 Å². The maximum absolute atomic E-state index is 6.93. The molecule has 0 N–H and O–H groups in total. The van der Waals surface area contributed by atoms with E-state index in [4.69, 9.17) is 21.3 Å². The lowest BCUT2D eigenvalue weighted by molar-refractivity contribution is 0.499. The van der Waals surface area contributed by atoms with Crippen LogP contribution in [0.1, 0.15) is 0 Å². The first-order valence-electron chi connectivity index (χ1n) is 17.4. The summed E-state index contributed by atoms with van der Waals surface area (Å²) < 4.78 is 34.1. The maximum Gasteiger partial charge on any atom is 0.453 e. The van der Waals surface area contributed by atoms with Crippen molar-refractivity contribution in [2.75, 3.05) is 0 Å². The van der Waals surface area contributed by atoms with Crippen molar-refractivity contribution in [1.82, 2.24) is 0 Å². The summed E-state index contributed by atoms with van der Waals surface area (Å²) in [4.78, 5) is 0. The topological polar surface area (TPSA) is 61.8 Å². The zero-order valence-corrected chi connectivity index (χ0v) is 29.9. The van der Waals surface area contributed by atoms with Gasteiger partial charge in [-0.15, -0.1) is 0 Å². The van der Waals surface area contributed by atoms with Crippen LogP contribution in [-0.4, -0.2) is 0 Å². The Balaban J connectivity index is 1.17. The Kier molecular flexibility index (Phi) is 6.91. The monoisotopic (exact) mass is 722 g/mol. The van der Waals surface area contributed by atoms with Crippen LogP contribution in [0.25, 0.3) is 92.3 Å². The summed E-state index contributed by atoms with van der Waals surface area (Å²) in [5, 5.41) is 13.7. The number of fused-ring (bicyclic) bond motifs is 14. The predicted molar refractivity (Wildman–Crippen MR) is 220 cm³/mol. The highest BCUT2D eigenvalue weighted by molar-refractivity contribution is 7.46. The van der Waals surface area contributed by atoms with Gasteiger partial charge in [0, 0.05) is 21.5 Å². The minimum absolute atomic E-state index is 0.572. The SMILES string of the molecule is c1ccc(-p2oc3ccc4ccccc4c3c3c(ccc4ccccc43)o2)c(Op2oc3ccc4ccccc4c3c3c(ccc4ccccc43)o2)c1. The molecule has 0 aliphatic heterocycles. The molecule has 0 radical (unpaired) electrons. The standard InChI is InChI=1S/C46H28O5P2/c1-5-15-33-29(11-1)21-25-38-43(33)44-34-16-6-2-12-30(34)22-26-39(44)48-52(47-38)42-20-10-9-19-37(42)49-53-50-40-27-23-31-13-3-7-17-35(31)45(40)46-36-18-8-4-14-32(36)24-28-41(46)51-53/h1-28H. The Morgan fingerprint density at radius 1 is 0.321 bits per heavy atom. The molecule has 0 aliphatic carbocycles. The van der Waals surface area contributed by atoms with Crippen molar-refractivity contribution in [1.29, 1.82) is 0 Å². The third-order valence-electron chi connectivity index (χ3n) is 10.0. The maximum atomic E-state index is 6.93. The van der Waals surface area contributed by atoms with Gasteiger partial charge in [0.1, 0.15) is 27.6 Å². The lowest BCUT2D eigenvalue weighted by Gasteiger charge is -2.07. The van der Waals surface area contributed by atoms with Crippen molar-refractivity contribution >= 4 is 103 Å². The van der Waals surface area contributed by atoms with E-state index in [1.165, 1.54) is 0 Å². The molecule has 0 atom stereocenters. The van der Waals surface area contributed by atoms with Gasteiger partial charge in [0.05, 0.1) is 0 Å². The molecule has 7 heteroatoms. The van der Waals surface area contributed by atoms with Crippen molar-refractivity contribution in [3.05, 3.63) is 170 Å². The van der Waals surface area contributed by atoms with Gasteiger partial charge < -0.3 is 21.3 Å². The summed E-state index contributed by atoms with van der Waals surface area (Å²) >= 11 is 0. The van der Waals surface area contributed by atoms with Crippen LogP contribution < -0.4 is 4.52 Å². The summed E-state index contributed by atoms with van der Waals surface area (Å²) in [6.07, 6.45) is 0. The average Bonchev–Trinajstić information content (AvgIpc) is 3.49. The molecule has 0 amide bonds. The van der Waals surface area contributed by atoms with E-state index in [2.05, 4.69) is 133 Å². The molecule has 2 aromatic heterocycles. The van der Waals surface area contributed by atoms with Crippen LogP contribution >= 0.6 is 16.3 Å². The molecular weight excluding hydrogens is 694 g/mol. The molecule has 0 fully saturated rings. The van der Waals surface area contributed by atoms with E-state index in [0.717, 1.165) is 81.1 Å². The summed E-state index contributed by atoms with van der Waals surface area (Å²) in [5.74, 6) is 0.572. The first-order valence-corrected chi connectivity index (χ1v) is 19.7. The summed E-state index contributed by atoms with van der Waals surface area (Å²) in [6.45, 7) is 0. The smallest absolute Gasteiger partial charge is 0.416 e. The third-order valence-corrected chi connectivity index (χ3v) is 12.5. The van der Waals surface area contributed by atoms with Gasteiger partial charge in [-0.3, -0.25) is 0 Å². The lowest BCUT2D eigenvalue weighted by Crippen LogP contribution is -1.81. The Morgan fingerprint density at radius 2 is 0.660 bits per heavy atom. The average molecular weight is 723 g/mol. The van der Waals surface area contributed by atoms with E-state index >= 15 is 0 Å². The van der Waals surface area contributed by atoms with Crippen LogP contribution in [0.4, 0.5) is 0 Å². The molecule has 11 aromatic rings. The summed E-state index contributed by atoms with van der Waals surface area (Å²) in [6, 6.07) is 58.0. The van der Waals surface area contributed by atoms with Crippen molar-refractivity contribution in [3.63, 3.8) is 0 Å². The highest BCUT2D eigenvalue weighted by Crippen LogP contribution is 2.51. The second-order valence-corrected chi connectivity index (χ2v) is 15.4. The zero-order valence-electron chi connectivity index (χ0n) is 28.1. The molecule has 0 unspecified atom stereocenters. The van der Waals surface area contributed by atoms with Gasteiger partial charge in [-0.25, -0.2) is 0 Å². The number of hydrogen-bond acceptors (Lipinski definition) is 5. The molecule has 0 saturated heterocycles. The fraction of sp³-hybridized carbons (Fsp3) is 0. The molecular formula is C46H28O5P2. The van der Waals surface area contributed by atoms with E-state index in [0.29, 0.717) is 16.9 Å². The normalized spacial score (nSPS) is 11.8. The van der Waals surface area contributed by atoms with E-state index < -0.39 is 16.3 Å². The highest BCUT2D eigenvalue weighted by atomic mass is 31.1. The van der Waals surface area contributed by atoms with E-state index in [1.807, 2.05) is 36.4 Å². The Labute approximate surface area is 304 Å². The Hall–Kier alpha value is -6.38. The molecule has 11 rings (SSSR count). The van der Waals surface area contributed by atoms with Gasteiger partial charge in [0.15, 0.2) is 5.75 Å². The second-order valence-electron chi connectivity index (χ2n) is 13.0. The van der Waals surface area contributed by atoms with Crippen LogP contribution in [-0.2, 0) is 0 Å². The quantitative estimate of drug-likeness (QED) is 0.182. The van der Waals surface area contributed by atoms with E-state index in [9.17, 15) is 0 Å². The number of rotatable bonds is 3. The first-order chi connectivity index (χ1) is 26.3. The van der Waals surface area contributed by atoms with Crippen LogP contribution in [0, 0.1) is 0 Å². The van der Waals surface area contributed by atoms with Crippen LogP contribution in [0.3, 0.4) is 0 Å². The van der Waals surface area contributed by atoms with Gasteiger partial charge in [-0.1, -0.05) is 133 Å². The van der Waals surface area contributed by atoms with Crippen molar-refractivity contribution in [2.24, 2.45) is 0 Å². The fourth-order valence-corrected chi connectivity index (χ4v) is 10.2. The molecule has 0 aliphatic rings. The minimum Gasteiger partial charge on any atom is -0.416 e. The van der Waals surface area contributed by atoms with Gasteiger partial charge in [0.25, 0.3) is 8.01 Å². The largest absolute Gasteiger partial charge is 0.453 e. The number of para-hydroxylation sites is 1. The molecule has 0 saturated carbocycles. The third kappa shape index (κ3) is 4.94. The van der Waals surface area contributed by atoms with E-state index in [-0.39, 0.29) is 0 Å². The first kappa shape index (κ1) is 30.3. The molecule has 0 spiro atoms. The highest BCUT2D eigenvalue weighted by Gasteiger charge is 2.19. The summed E-state index contributed by atoms with van der Waals surface area (Å²) in [5.41, 5.74) is 2.93. The second kappa shape index (κ2) is 12.1. The molecule has 252 valence electrons. The minimum atomic E-state index is -1.96. The molecule has 53 heavy (non-hydrogen) atoms. The van der Waals surface area contributed by atoms with Crippen molar-refractivity contribution in [2.45, 2.75) is 0 Å². The number of hydrogen-bond donors (Lipinski definition) is 0. The van der Waals surface area contributed by atoms with Crippen molar-refractivity contribution < 1.29 is 21.3 Å². The summed E-state index contributed by atoms with van der Waals surface area (Å²) in [7, 11) is -3.67. The molecule has 5 nitrogen and oxygen atoms in total.